The minimum absolute atomic E-state index is 0.199. The summed E-state index contributed by atoms with van der Waals surface area (Å²) in [6, 6.07) is 8.17. The second-order valence-corrected chi connectivity index (χ2v) is 4.65. The molecule has 1 heterocycles. The van der Waals surface area contributed by atoms with Crippen molar-refractivity contribution in [2.45, 2.75) is 32.3 Å². The molecule has 2 rings (SSSR count). The van der Waals surface area contributed by atoms with Crippen molar-refractivity contribution in [3.63, 3.8) is 0 Å². The molecule has 0 spiro atoms. The maximum Gasteiger partial charge on any atom is 0.303 e. The van der Waals surface area contributed by atoms with Crippen LogP contribution in [0.5, 0.6) is 0 Å². The van der Waals surface area contributed by atoms with Gasteiger partial charge in [0.15, 0.2) is 0 Å². The third-order valence-corrected chi connectivity index (χ3v) is 3.39. The summed E-state index contributed by atoms with van der Waals surface area (Å²) in [6.45, 7) is 5.34. The van der Waals surface area contributed by atoms with E-state index < -0.39 is 5.60 Å². The molecule has 1 fully saturated rings. The highest BCUT2D eigenvalue weighted by Gasteiger charge is 2.37. The summed E-state index contributed by atoms with van der Waals surface area (Å²) in [5, 5.41) is 3.31. The highest BCUT2D eigenvalue weighted by atomic mass is 16.6. The van der Waals surface area contributed by atoms with Crippen LogP contribution in [-0.4, -0.2) is 19.1 Å². The first-order valence-corrected chi connectivity index (χ1v) is 6.10. The normalized spacial score (nSPS) is 18.7. The van der Waals surface area contributed by atoms with Crippen LogP contribution in [-0.2, 0) is 15.1 Å². The Balaban J connectivity index is 2.39. The number of hydrogen-bond acceptors (Lipinski definition) is 3. The largest absolute Gasteiger partial charge is 0.454 e. The summed E-state index contributed by atoms with van der Waals surface area (Å²) >= 11 is 0. The lowest BCUT2D eigenvalue weighted by Crippen LogP contribution is -2.43. The first-order chi connectivity index (χ1) is 8.14. The molecule has 3 heteroatoms. The van der Waals surface area contributed by atoms with E-state index in [-0.39, 0.29) is 5.97 Å². The Morgan fingerprint density at radius 3 is 2.53 bits per heavy atom. The molecule has 1 aliphatic heterocycles. The topological polar surface area (TPSA) is 38.3 Å². The summed E-state index contributed by atoms with van der Waals surface area (Å²) in [5.41, 5.74) is 1.91. The smallest absolute Gasteiger partial charge is 0.303 e. The lowest BCUT2D eigenvalue weighted by atomic mass is 9.82. The lowest BCUT2D eigenvalue weighted by molar-refractivity contribution is -0.161. The van der Waals surface area contributed by atoms with Crippen LogP contribution < -0.4 is 5.32 Å². The van der Waals surface area contributed by atoms with Crippen molar-refractivity contribution < 1.29 is 9.53 Å². The van der Waals surface area contributed by atoms with Gasteiger partial charge in [0, 0.05) is 19.8 Å². The zero-order valence-corrected chi connectivity index (χ0v) is 10.5. The summed E-state index contributed by atoms with van der Waals surface area (Å²) < 4.78 is 5.67. The molecule has 92 valence electrons. The van der Waals surface area contributed by atoms with Gasteiger partial charge in [-0.05, 0) is 31.1 Å². The molecule has 3 nitrogen and oxygen atoms in total. The van der Waals surface area contributed by atoms with Gasteiger partial charge in [-0.1, -0.05) is 24.3 Å². The maximum atomic E-state index is 11.4. The fourth-order valence-electron chi connectivity index (χ4n) is 2.62. The van der Waals surface area contributed by atoms with Crippen molar-refractivity contribution >= 4 is 5.97 Å². The zero-order chi connectivity index (χ0) is 12.3. The van der Waals surface area contributed by atoms with Crippen LogP contribution in [0.15, 0.2) is 24.3 Å². The first-order valence-electron chi connectivity index (χ1n) is 6.10. The number of rotatable bonds is 2. The quantitative estimate of drug-likeness (QED) is 0.795. The Morgan fingerprint density at radius 2 is 1.94 bits per heavy atom. The van der Waals surface area contributed by atoms with E-state index in [0.29, 0.717) is 0 Å². The van der Waals surface area contributed by atoms with Crippen LogP contribution in [0.1, 0.15) is 30.9 Å². The molecule has 0 unspecified atom stereocenters. The molecule has 1 aromatic carbocycles. The predicted molar refractivity (Wildman–Crippen MR) is 66.7 cm³/mol. The maximum absolute atomic E-state index is 11.4. The number of aryl methyl sites for hydroxylation is 1. The molecule has 0 saturated carbocycles. The molecule has 1 N–H and O–H groups in total. The predicted octanol–water partition coefficient (Wildman–Crippen LogP) is 2.14. The van der Waals surface area contributed by atoms with Crippen LogP contribution in [0.3, 0.4) is 0 Å². The molecule has 0 amide bonds. The van der Waals surface area contributed by atoms with Gasteiger partial charge in [0.05, 0.1) is 0 Å². The molecular weight excluding hydrogens is 214 g/mol. The van der Waals surface area contributed by atoms with E-state index in [1.165, 1.54) is 12.5 Å². The fraction of sp³-hybridized carbons (Fsp3) is 0.500. The number of nitrogens with one attached hydrogen (secondary N) is 1. The number of esters is 1. The number of piperidine rings is 1. The Labute approximate surface area is 102 Å². The van der Waals surface area contributed by atoms with Gasteiger partial charge in [-0.15, -0.1) is 0 Å². The molecule has 0 atom stereocenters. The molecule has 0 bridgehead atoms. The molecule has 1 aliphatic rings. The van der Waals surface area contributed by atoms with Crippen LogP contribution in [0, 0.1) is 6.92 Å². The second kappa shape index (κ2) is 4.88. The van der Waals surface area contributed by atoms with Crippen molar-refractivity contribution in [1.82, 2.24) is 5.32 Å². The van der Waals surface area contributed by atoms with Crippen LogP contribution in [0.25, 0.3) is 0 Å². The number of hydrogen-bond donors (Lipinski definition) is 1. The van der Waals surface area contributed by atoms with Crippen molar-refractivity contribution in [3.8, 4) is 0 Å². The summed E-state index contributed by atoms with van der Waals surface area (Å²) in [6.07, 6.45) is 1.69. The molecule has 0 aliphatic carbocycles. The summed E-state index contributed by atoms with van der Waals surface area (Å²) in [4.78, 5) is 11.4. The number of benzene rings is 1. The number of carbonyl (C=O) groups is 1. The Hall–Kier alpha value is -1.35. The first kappa shape index (κ1) is 12.1. The lowest BCUT2D eigenvalue weighted by Gasteiger charge is -2.38. The number of ether oxygens (including phenoxy) is 1. The highest BCUT2D eigenvalue weighted by molar-refractivity contribution is 5.67. The van der Waals surface area contributed by atoms with Gasteiger partial charge in [-0.3, -0.25) is 4.79 Å². The summed E-state index contributed by atoms with van der Waals surface area (Å²) in [5.74, 6) is -0.199. The van der Waals surface area contributed by atoms with Gasteiger partial charge < -0.3 is 10.1 Å². The molecule has 0 aromatic heterocycles. The van der Waals surface area contributed by atoms with E-state index in [9.17, 15) is 4.79 Å². The molecule has 0 radical (unpaired) electrons. The standard InChI is InChI=1S/C14H19NO2/c1-11-5-3-4-6-13(11)14(17-12(2)16)7-9-15-10-8-14/h3-6,15H,7-10H2,1-2H3. The van der Waals surface area contributed by atoms with Crippen molar-refractivity contribution in [3.05, 3.63) is 35.4 Å². The van der Waals surface area contributed by atoms with Gasteiger partial charge >= 0.3 is 5.97 Å². The van der Waals surface area contributed by atoms with Gasteiger partial charge in [0.25, 0.3) is 0 Å². The van der Waals surface area contributed by atoms with Crippen LogP contribution >= 0.6 is 0 Å². The molecule has 17 heavy (non-hydrogen) atoms. The SMILES string of the molecule is CC(=O)OC1(c2ccccc2C)CCNCC1. The highest BCUT2D eigenvalue weighted by Crippen LogP contribution is 2.36. The summed E-state index contributed by atoms with van der Waals surface area (Å²) in [7, 11) is 0. The monoisotopic (exact) mass is 233 g/mol. The Bertz CT molecular complexity index is 408. The van der Waals surface area contributed by atoms with Gasteiger partial charge in [-0.25, -0.2) is 0 Å². The van der Waals surface area contributed by atoms with E-state index in [2.05, 4.69) is 24.4 Å². The Morgan fingerprint density at radius 1 is 1.29 bits per heavy atom. The van der Waals surface area contributed by atoms with E-state index in [1.54, 1.807) is 0 Å². The van der Waals surface area contributed by atoms with E-state index in [1.807, 2.05) is 12.1 Å². The average Bonchev–Trinajstić information content (AvgIpc) is 2.29. The molecular formula is C14H19NO2. The zero-order valence-electron chi connectivity index (χ0n) is 10.5. The number of carbonyl (C=O) groups excluding carboxylic acids is 1. The van der Waals surface area contributed by atoms with Crippen molar-refractivity contribution in [2.75, 3.05) is 13.1 Å². The van der Waals surface area contributed by atoms with Gasteiger partial charge in [0.2, 0.25) is 0 Å². The van der Waals surface area contributed by atoms with Crippen LogP contribution in [0.2, 0.25) is 0 Å². The van der Waals surface area contributed by atoms with Crippen molar-refractivity contribution in [2.24, 2.45) is 0 Å². The fourth-order valence-corrected chi connectivity index (χ4v) is 2.62. The average molecular weight is 233 g/mol. The van der Waals surface area contributed by atoms with E-state index >= 15 is 0 Å². The third kappa shape index (κ3) is 2.50. The van der Waals surface area contributed by atoms with E-state index in [0.717, 1.165) is 31.5 Å². The minimum atomic E-state index is -0.428. The third-order valence-electron chi connectivity index (χ3n) is 3.39. The second-order valence-electron chi connectivity index (χ2n) is 4.65. The van der Waals surface area contributed by atoms with Crippen LogP contribution in [0.4, 0.5) is 0 Å². The minimum Gasteiger partial charge on any atom is -0.454 e. The molecule has 1 aromatic rings. The Kier molecular flexibility index (Phi) is 3.48. The molecule has 1 saturated heterocycles. The van der Waals surface area contributed by atoms with E-state index in [4.69, 9.17) is 4.74 Å². The van der Waals surface area contributed by atoms with Gasteiger partial charge in [0.1, 0.15) is 5.60 Å². The van der Waals surface area contributed by atoms with Crippen molar-refractivity contribution in [1.29, 1.82) is 0 Å². The van der Waals surface area contributed by atoms with Gasteiger partial charge in [-0.2, -0.15) is 0 Å².